The van der Waals surface area contributed by atoms with Gasteiger partial charge in [0.05, 0.1) is 5.52 Å². The lowest BCUT2D eigenvalue weighted by Gasteiger charge is -2.27. The molecule has 0 amide bonds. The predicted octanol–water partition coefficient (Wildman–Crippen LogP) is 2.96. The van der Waals surface area contributed by atoms with Crippen LogP contribution in [0.25, 0.3) is 10.9 Å². The van der Waals surface area contributed by atoms with Gasteiger partial charge in [-0.3, -0.25) is 4.98 Å². The highest BCUT2D eigenvalue weighted by molar-refractivity contribution is 7.79. The van der Waals surface area contributed by atoms with Crippen molar-refractivity contribution in [2.45, 2.75) is 25.6 Å². The minimum atomic E-state index is 0.790. The van der Waals surface area contributed by atoms with Crippen LogP contribution in [0.5, 0.6) is 0 Å². The molecule has 18 heavy (non-hydrogen) atoms. The fourth-order valence-corrected chi connectivity index (χ4v) is 3.12. The third-order valence-corrected chi connectivity index (χ3v) is 4.08. The van der Waals surface area contributed by atoms with E-state index in [0.717, 1.165) is 30.8 Å². The number of fused-ring (bicyclic) bond motifs is 2. The number of aryl methyl sites for hydroxylation is 1. The highest BCUT2D eigenvalue weighted by Crippen LogP contribution is 2.29. The molecule has 2 nitrogen and oxygen atoms in total. The van der Waals surface area contributed by atoms with Crippen molar-refractivity contribution in [1.29, 1.82) is 0 Å². The average molecular weight is 258 g/mol. The number of pyridine rings is 1. The van der Waals surface area contributed by atoms with Gasteiger partial charge in [0, 0.05) is 36.3 Å². The standard InChI is InChI=1S/C15H18N2S/c1-10-3-4-14-11(7-10)13(9-18)12-8-17(2)6-5-15(12)16-14/h3-4,7,18H,5-6,8-9H2,1-2H3. The molecule has 0 spiro atoms. The fraction of sp³-hybridized carbons (Fsp3) is 0.400. The van der Waals surface area contributed by atoms with E-state index < -0.39 is 0 Å². The molecule has 3 rings (SSSR count). The number of rotatable bonds is 1. The molecule has 1 aromatic carbocycles. The molecule has 2 aromatic rings. The molecule has 0 radical (unpaired) electrons. The molecule has 0 saturated heterocycles. The lowest BCUT2D eigenvalue weighted by Crippen LogP contribution is -2.28. The SMILES string of the molecule is Cc1ccc2nc3c(c(CS)c2c1)CN(C)CC3. The maximum atomic E-state index is 4.84. The van der Waals surface area contributed by atoms with Crippen molar-refractivity contribution in [1.82, 2.24) is 9.88 Å². The Morgan fingerprint density at radius 3 is 3.00 bits per heavy atom. The van der Waals surface area contributed by atoms with Gasteiger partial charge in [0.25, 0.3) is 0 Å². The second-order valence-corrected chi connectivity index (χ2v) is 5.50. The second kappa shape index (κ2) is 4.56. The Morgan fingerprint density at radius 2 is 2.22 bits per heavy atom. The summed E-state index contributed by atoms with van der Waals surface area (Å²) in [5, 5.41) is 1.28. The van der Waals surface area contributed by atoms with Crippen LogP contribution < -0.4 is 0 Å². The van der Waals surface area contributed by atoms with Gasteiger partial charge < -0.3 is 4.90 Å². The molecule has 3 heteroatoms. The smallest absolute Gasteiger partial charge is 0.0708 e. The van der Waals surface area contributed by atoms with Gasteiger partial charge in [-0.2, -0.15) is 12.6 Å². The summed E-state index contributed by atoms with van der Waals surface area (Å²) in [6.07, 6.45) is 1.05. The normalized spacial score (nSPS) is 15.9. The maximum absolute atomic E-state index is 4.84. The molecule has 94 valence electrons. The largest absolute Gasteiger partial charge is 0.302 e. The zero-order valence-electron chi connectivity index (χ0n) is 10.9. The van der Waals surface area contributed by atoms with Gasteiger partial charge in [-0.1, -0.05) is 11.6 Å². The van der Waals surface area contributed by atoms with E-state index in [-0.39, 0.29) is 0 Å². The Morgan fingerprint density at radius 1 is 1.39 bits per heavy atom. The van der Waals surface area contributed by atoms with Crippen molar-refractivity contribution >= 4 is 23.5 Å². The number of hydrogen-bond donors (Lipinski definition) is 1. The average Bonchev–Trinajstić information content (AvgIpc) is 2.36. The van der Waals surface area contributed by atoms with E-state index in [9.17, 15) is 0 Å². The van der Waals surface area contributed by atoms with Crippen LogP contribution in [-0.2, 0) is 18.7 Å². The summed E-state index contributed by atoms with van der Waals surface area (Å²) in [4.78, 5) is 7.20. The molecule has 0 fully saturated rings. The van der Waals surface area contributed by atoms with Crippen LogP contribution >= 0.6 is 12.6 Å². The molecule has 0 unspecified atom stereocenters. The molecule has 0 N–H and O–H groups in total. The molecule has 0 atom stereocenters. The molecule has 1 aliphatic heterocycles. The van der Waals surface area contributed by atoms with Crippen LogP contribution in [0.4, 0.5) is 0 Å². The topological polar surface area (TPSA) is 16.1 Å². The molecule has 2 heterocycles. The third-order valence-electron chi connectivity index (χ3n) is 3.76. The van der Waals surface area contributed by atoms with Crippen LogP contribution in [0.1, 0.15) is 22.4 Å². The van der Waals surface area contributed by atoms with E-state index in [1.165, 1.54) is 27.8 Å². The van der Waals surface area contributed by atoms with Gasteiger partial charge in [-0.05, 0) is 37.2 Å². The van der Waals surface area contributed by atoms with Gasteiger partial charge in [-0.25, -0.2) is 0 Å². The van der Waals surface area contributed by atoms with Gasteiger partial charge in [0.2, 0.25) is 0 Å². The Balaban J connectivity index is 2.31. The van der Waals surface area contributed by atoms with Gasteiger partial charge in [0.15, 0.2) is 0 Å². The van der Waals surface area contributed by atoms with E-state index in [1.54, 1.807) is 0 Å². The summed E-state index contributed by atoms with van der Waals surface area (Å²) in [6.45, 7) is 4.23. The summed E-state index contributed by atoms with van der Waals surface area (Å²) in [6, 6.07) is 6.51. The number of thiol groups is 1. The summed E-state index contributed by atoms with van der Waals surface area (Å²) in [5.41, 5.74) is 6.45. The first-order valence-electron chi connectivity index (χ1n) is 6.39. The zero-order valence-corrected chi connectivity index (χ0v) is 11.8. The molecular formula is C15H18N2S. The predicted molar refractivity (Wildman–Crippen MR) is 79.2 cm³/mol. The van der Waals surface area contributed by atoms with E-state index in [2.05, 4.69) is 49.7 Å². The van der Waals surface area contributed by atoms with Crippen molar-refractivity contribution in [2.75, 3.05) is 13.6 Å². The second-order valence-electron chi connectivity index (χ2n) is 5.18. The van der Waals surface area contributed by atoms with Crippen molar-refractivity contribution in [3.05, 3.63) is 40.6 Å². The van der Waals surface area contributed by atoms with Crippen LogP contribution in [-0.4, -0.2) is 23.5 Å². The molecule has 0 bridgehead atoms. The highest BCUT2D eigenvalue weighted by Gasteiger charge is 2.19. The summed E-state index contributed by atoms with van der Waals surface area (Å²) in [7, 11) is 2.17. The van der Waals surface area contributed by atoms with E-state index in [1.807, 2.05) is 0 Å². The lowest BCUT2D eigenvalue weighted by molar-refractivity contribution is 0.309. The minimum Gasteiger partial charge on any atom is -0.302 e. The lowest BCUT2D eigenvalue weighted by atomic mass is 9.96. The quantitative estimate of drug-likeness (QED) is 0.792. The first-order valence-corrected chi connectivity index (χ1v) is 7.02. The van der Waals surface area contributed by atoms with Crippen molar-refractivity contribution in [3.63, 3.8) is 0 Å². The van der Waals surface area contributed by atoms with Crippen molar-refractivity contribution in [2.24, 2.45) is 0 Å². The molecule has 1 aliphatic rings. The molecule has 0 aliphatic carbocycles. The Labute approximate surface area is 113 Å². The molecular weight excluding hydrogens is 240 g/mol. The van der Waals surface area contributed by atoms with Gasteiger partial charge >= 0.3 is 0 Å². The summed E-state index contributed by atoms with van der Waals surface area (Å²) in [5.74, 6) is 0.790. The first-order chi connectivity index (χ1) is 8.69. The maximum Gasteiger partial charge on any atom is 0.0708 e. The van der Waals surface area contributed by atoms with Crippen LogP contribution in [0.15, 0.2) is 18.2 Å². The molecule has 0 saturated carbocycles. The summed E-state index contributed by atoms with van der Waals surface area (Å²) < 4.78 is 0. The zero-order chi connectivity index (χ0) is 12.7. The Hall–Kier alpha value is -1.06. The number of nitrogens with zero attached hydrogens (tertiary/aromatic N) is 2. The molecule has 1 aromatic heterocycles. The van der Waals surface area contributed by atoms with Crippen LogP contribution in [0.2, 0.25) is 0 Å². The highest BCUT2D eigenvalue weighted by atomic mass is 32.1. The van der Waals surface area contributed by atoms with Crippen LogP contribution in [0, 0.1) is 6.92 Å². The number of aromatic nitrogens is 1. The summed E-state index contributed by atoms with van der Waals surface area (Å²) >= 11 is 4.54. The van der Waals surface area contributed by atoms with Crippen LogP contribution in [0.3, 0.4) is 0 Å². The van der Waals surface area contributed by atoms with Crippen molar-refractivity contribution < 1.29 is 0 Å². The van der Waals surface area contributed by atoms with E-state index >= 15 is 0 Å². The Kier molecular flexibility index (Phi) is 3.04. The van der Waals surface area contributed by atoms with Gasteiger partial charge in [0.1, 0.15) is 0 Å². The first kappa shape index (κ1) is 12.0. The van der Waals surface area contributed by atoms with E-state index in [0.29, 0.717) is 0 Å². The number of benzene rings is 1. The minimum absolute atomic E-state index is 0.790. The number of likely N-dealkylation sites (N-methyl/N-ethyl adjacent to an activating group) is 1. The number of hydrogen-bond acceptors (Lipinski definition) is 3. The Bertz CT molecular complexity index is 607. The fourth-order valence-electron chi connectivity index (χ4n) is 2.76. The monoisotopic (exact) mass is 258 g/mol. The van der Waals surface area contributed by atoms with E-state index in [4.69, 9.17) is 4.98 Å². The van der Waals surface area contributed by atoms with Crippen molar-refractivity contribution in [3.8, 4) is 0 Å². The van der Waals surface area contributed by atoms with Gasteiger partial charge in [-0.15, -0.1) is 0 Å². The third kappa shape index (κ3) is 1.91.